The zero-order valence-electron chi connectivity index (χ0n) is 4.59. The Morgan fingerprint density at radius 3 is 1.36 bits per heavy atom. The molecule has 0 radical (unpaired) electrons. The van der Waals surface area contributed by atoms with Crippen LogP contribution in [0.3, 0.4) is 0 Å². The van der Waals surface area contributed by atoms with Crippen molar-refractivity contribution in [2.75, 3.05) is 0 Å². The van der Waals surface area contributed by atoms with Crippen LogP contribution in [0.2, 0.25) is 0 Å². The first-order chi connectivity index (χ1) is 4.67. The van der Waals surface area contributed by atoms with Gasteiger partial charge in [-0.15, -0.1) is 0 Å². The van der Waals surface area contributed by atoms with Crippen molar-refractivity contribution in [3.05, 3.63) is 0 Å². The Hall–Kier alpha value is -0.820. The molecule has 11 heavy (non-hydrogen) atoms. The molecule has 0 bridgehead atoms. The maximum Gasteiger partial charge on any atom is 0.477 e. The Labute approximate surface area is 55.5 Å². The molecule has 0 aromatic rings. The van der Waals surface area contributed by atoms with E-state index in [1.807, 2.05) is 0 Å². The summed E-state index contributed by atoms with van der Waals surface area (Å²) in [6, 6.07) is -5.70. The van der Waals surface area contributed by atoms with Crippen LogP contribution in [0.25, 0.3) is 0 Å². The third-order valence-corrected chi connectivity index (χ3v) is 0.566. The zero-order chi connectivity index (χ0) is 9.28. The van der Waals surface area contributed by atoms with Gasteiger partial charge in [0.1, 0.15) is 0 Å². The van der Waals surface area contributed by atoms with Gasteiger partial charge in [0, 0.05) is 0 Å². The van der Waals surface area contributed by atoms with E-state index in [2.05, 4.69) is 0 Å². The summed E-state index contributed by atoms with van der Waals surface area (Å²) in [6.45, 7) is 0. The predicted octanol–water partition coefficient (Wildman–Crippen LogP) is 2.44. The predicted molar refractivity (Wildman–Crippen MR) is 20.7 cm³/mol. The summed E-state index contributed by atoms with van der Waals surface area (Å²) in [6.07, 6.45) is -9.39. The molecule has 66 valence electrons. The van der Waals surface area contributed by atoms with Gasteiger partial charge in [0.25, 0.3) is 0 Å². The quantitative estimate of drug-likeness (QED) is 0.336. The van der Waals surface area contributed by atoms with E-state index >= 15 is 0 Å². The fourth-order valence-corrected chi connectivity index (χ4v) is 0.170. The third-order valence-electron chi connectivity index (χ3n) is 0.566. The largest absolute Gasteiger partial charge is 0.477 e. The molecule has 0 saturated heterocycles. The number of halogens is 7. The van der Waals surface area contributed by atoms with Gasteiger partial charge in [0.2, 0.25) is 0 Å². The van der Waals surface area contributed by atoms with Crippen molar-refractivity contribution in [3.8, 4) is 0 Å². The number of nitrogens with zero attached hydrogens (tertiary/aromatic N) is 1. The topological polar surface area (TPSA) is 12.4 Å². The van der Waals surface area contributed by atoms with Crippen molar-refractivity contribution in [2.24, 2.45) is 4.99 Å². The first kappa shape index (κ1) is 10.2. The molecule has 0 saturated carbocycles. The molecule has 0 rings (SSSR count). The van der Waals surface area contributed by atoms with Gasteiger partial charge in [-0.1, -0.05) is 0 Å². The standard InChI is InChI=1S/C3F7N/c4-1(5)11-3(9,10)2(6,7)8. The van der Waals surface area contributed by atoms with Crippen LogP contribution in [0.15, 0.2) is 4.99 Å². The maximum absolute atomic E-state index is 11.4. The summed E-state index contributed by atoms with van der Waals surface area (Å²) in [5.41, 5.74) is 0. The number of hydrogen-bond acceptors (Lipinski definition) is 1. The van der Waals surface area contributed by atoms with Gasteiger partial charge in [0.05, 0.1) is 0 Å². The highest BCUT2D eigenvalue weighted by atomic mass is 19.4. The summed E-state index contributed by atoms with van der Waals surface area (Å²) in [7, 11) is 0. The minimum Gasteiger partial charge on any atom is -0.170 e. The maximum atomic E-state index is 11.4. The van der Waals surface area contributed by atoms with Crippen LogP contribution >= 0.6 is 0 Å². The van der Waals surface area contributed by atoms with E-state index in [1.165, 1.54) is 0 Å². The Morgan fingerprint density at radius 2 is 1.27 bits per heavy atom. The molecule has 0 aliphatic carbocycles. The summed E-state index contributed by atoms with van der Waals surface area (Å²) in [5, 5.41) is 0. The van der Waals surface area contributed by atoms with E-state index in [-0.39, 0.29) is 0 Å². The molecule has 0 N–H and O–H groups in total. The molecule has 1 nitrogen and oxygen atoms in total. The highest BCUT2D eigenvalue weighted by molar-refractivity contribution is 5.63. The lowest BCUT2D eigenvalue weighted by Gasteiger charge is -2.12. The van der Waals surface area contributed by atoms with Crippen LogP contribution in [0.4, 0.5) is 30.7 Å². The Balaban J connectivity index is 4.61. The van der Waals surface area contributed by atoms with Gasteiger partial charge in [0.15, 0.2) is 0 Å². The van der Waals surface area contributed by atoms with E-state index < -0.39 is 18.4 Å². The molecule has 0 aliphatic heterocycles. The monoisotopic (exact) mass is 183 g/mol. The zero-order valence-corrected chi connectivity index (χ0v) is 4.59. The number of aliphatic imine (C=N–C) groups is 1. The highest BCUT2D eigenvalue weighted by Gasteiger charge is 2.58. The van der Waals surface area contributed by atoms with Gasteiger partial charge in [-0.25, -0.2) is 0 Å². The summed E-state index contributed by atoms with van der Waals surface area (Å²) in [5.74, 6) is 0. The molecular formula is C3F7N. The summed E-state index contributed by atoms with van der Waals surface area (Å²) in [4.78, 5) is 0.806. The smallest absolute Gasteiger partial charge is 0.170 e. The first-order valence-electron chi connectivity index (χ1n) is 2.02. The SMILES string of the molecule is FC(F)=NC(F)(F)C(F)(F)F. The van der Waals surface area contributed by atoms with Crippen LogP contribution in [-0.4, -0.2) is 18.4 Å². The third kappa shape index (κ3) is 2.72. The van der Waals surface area contributed by atoms with Crippen molar-refractivity contribution in [1.82, 2.24) is 0 Å². The lowest BCUT2D eigenvalue weighted by atomic mass is 10.5. The second kappa shape index (κ2) is 2.67. The minimum absolute atomic E-state index is 0.806. The fraction of sp³-hybridized carbons (Fsp3) is 0.667. The average Bonchev–Trinajstić information content (AvgIpc) is 1.56. The number of rotatable bonds is 1. The normalized spacial score (nSPS) is 13.0. The van der Waals surface area contributed by atoms with Gasteiger partial charge < -0.3 is 0 Å². The number of hydrogen-bond donors (Lipinski definition) is 0. The average molecular weight is 183 g/mol. The summed E-state index contributed by atoms with van der Waals surface area (Å²) >= 11 is 0. The lowest BCUT2D eigenvalue weighted by molar-refractivity contribution is -0.278. The first-order valence-corrected chi connectivity index (χ1v) is 2.02. The molecule has 0 heterocycles. The molecule has 0 fully saturated rings. The van der Waals surface area contributed by atoms with E-state index in [9.17, 15) is 30.7 Å². The van der Waals surface area contributed by atoms with Crippen molar-refractivity contribution >= 4 is 6.22 Å². The van der Waals surface area contributed by atoms with Gasteiger partial charge in [-0.2, -0.15) is 35.7 Å². The van der Waals surface area contributed by atoms with Crippen LogP contribution < -0.4 is 0 Å². The highest BCUT2D eigenvalue weighted by Crippen LogP contribution is 2.36. The van der Waals surface area contributed by atoms with Crippen LogP contribution in [0.1, 0.15) is 0 Å². The van der Waals surface area contributed by atoms with Crippen LogP contribution in [0.5, 0.6) is 0 Å². The molecule has 0 aromatic heterocycles. The van der Waals surface area contributed by atoms with Crippen LogP contribution in [-0.2, 0) is 0 Å². The van der Waals surface area contributed by atoms with Crippen molar-refractivity contribution in [1.29, 1.82) is 0 Å². The molecule has 0 atom stereocenters. The van der Waals surface area contributed by atoms with Gasteiger partial charge in [-0.05, 0) is 0 Å². The minimum atomic E-state index is -6.07. The molecule has 0 spiro atoms. The summed E-state index contributed by atoms with van der Waals surface area (Å²) < 4.78 is 77.4. The lowest BCUT2D eigenvalue weighted by Crippen LogP contribution is -2.34. The molecule has 0 unspecified atom stereocenters. The number of alkyl halides is 5. The Kier molecular flexibility index (Phi) is 2.47. The second-order valence-electron chi connectivity index (χ2n) is 1.39. The molecular weight excluding hydrogens is 183 g/mol. The van der Waals surface area contributed by atoms with Gasteiger partial charge in [-0.3, -0.25) is 0 Å². The van der Waals surface area contributed by atoms with E-state index in [0.29, 0.717) is 0 Å². The fourth-order valence-electron chi connectivity index (χ4n) is 0.170. The van der Waals surface area contributed by atoms with E-state index in [0.717, 1.165) is 4.99 Å². The molecule has 0 aliphatic rings. The van der Waals surface area contributed by atoms with Crippen LogP contribution in [0, 0.1) is 0 Å². The van der Waals surface area contributed by atoms with Gasteiger partial charge >= 0.3 is 18.4 Å². The molecule has 0 aromatic carbocycles. The van der Waals surface area contributed by atoms with Crippen molar-refractivity contribution < 1.29 is 30.7 Å². The van der Waals surface area contributed by atoms with E-state index in [1.54, 1.807) is 0 Å². The van der Waals surface area contributed by atoms with Crippen molar-refractivity contribution in [3.63, 3.8) is 0 Å². The Bertz CT molecular complexity index is 163. The Morgan fingerprint density at radius 1 is 0.909 bits per heavy atom. The van der Waals surface area contributed by atoms with E-state index in [4.69, 9.17) is 0 Å². The molecule has 0 amide bonds. The van der Waals surface area contributed by atoms with Crippen molar-refractivity contribution in [2.45, 2.75) is 12.2 Å². The molecule has 8 heteroatoms. The second-order valence-corrected chi connectivity index (χ2v) is 1.39.